The number of aromatic nitrogens is 2. The molecule has 3 nitrogen and oxygen atoms in total. The summed E-state index contributed by atoms with van der Waals surface area (Å²) in [5.74, 6) is -0.00890. The lowest BCUT2D eigenvalue weighted by molar-refractivity contribution is 0.618. The summed E-state index contributed by atoms with van der Waals surface area (Å²) in [5.41, 5.74) is 2.95. The Hall–Kier alpha value is -2.28. The predicted octanol–water partition coefficient (Wildman–Crippen LogP) is 3.92. The van der Waals surface area contributed by atoms with Gasteiger partial charge in [0, 0.05) is 11.3 Å². The number of benzene rings is 1. The molecule has 1 heterocycles. The molecule has 0 spiro atoms. The van der Waals surface area contributed by atoms with E-state index in [4.69, 9.17) is 5.26 Å². The van der Waals surface area contributed by atoms with Crippen molar-refractivity contribution in [2.45, 2.75) is 33.1 Å². The van der Waals surface area contributed by atoms with Gasteiger partial charge < -0.3 is 0 Å². The molecule has 1 atom stereocenters. The Bertz CT molecular complexity index is 674. The van der Waals surface area contributed by atoms with E-state index in [2.05, 4.69) is 16.0 Å². The quantitative estimate of drug-likeness (QED) is 0.848. The molecule has 4 heteroatoms. The van der Waals surface area contributed by atoms with Crippen molar-refractivity contribution >= 4 is 0 Å². The first kappa shape index (κ1) is 14.1. The minimum atomic E-state index is -0.310. The van der Waals surface area contributed by atoms with Crippen molar-refractivity contribution in [2.24, 2.45) is 0 Å². The second-order valence-electron chi connectivity index (χ2n) is 4.81. The van der Waals surface area contributed by atoms with E-state index in [1.54, 1.807) is 19.1 Å². The van der Waals surface area contributed by atoms with E-state index in [1.165, 1.54) is 6.07 Å². The summed E-state index contributed by atoms with van der Waals surface area (Å²) in [6, 6.07) is 8.94. The molecule has 1 unspecified atom stereocenters. The lowest BCUT2D eigenvalue weighted by Gasteiger charge is -2.09. The molecule has 0 aliphatic heterocycles. The van der Waals surface area contributed by atoms with E-state index in [0.717, 1.165) is 17.0 Å². The number of halogens is 1. The fourth-order valence-electron chi connectivity index (χ4n) is 2.03. The van der Waals surface area contributed by atoms with E-state index in [9.17, 15) is 4.39 Å². The van der Waals surface area contributed by atoms with E-state index in [0.29, 0.717) is 17.8 Å². The van der Waals surface area contributed by atoms with Crippen molar-refractivity contribution < 1.29 is 4.39 Å². The van der Waals surface area contributed by atoms with Crippen molar-refractivity contribution in [2.75, 3.05) is 0 Å². The Morgan fingerprint density at radius 1 is 1.25 bits per heavy atom. The first-order valence-corrected chi connectivity index (χ1v) is 6.57. The van der Waals surface area contributed by atoms with Gasteiger partial charge in [-0.3, -0.25) is 0 Å². The summed E-state index contributed by atoms with van der Waals surface area (Å²) in [5, 5.41) is 9.13. The van der Waals surface area contributed by atoms with Gasteiger partial charge in [0.1, 0.15) is 17.6 Å². The third kappa shape index (κ3) is 2.83. The van der Waals surface area contributed by atoms with E-state index in [1.807, 2.05) is 19.9 Å². The Balaban J connectivity index is 2.52. The molecule has 0 aliphatic rings. The third-order valence-corrected chi connectivity index (χ3v) is 3.20. The molecule has 0 bridgehead atoms. The molecular formula is C16H16FN3. The van der Waals surface area contributed by atoms with Crippen LogP contribution in [0.25, 0.3) is 11.3 Å². The molecule has 0 aliphatic carbocycles. The van der Waals surface area contributed by atoms with Gasteiger partial charge in [0.15, 0.2) is 0 Å². The van der Waals surface area contributed by atoms with Crippen LogP contribution in [0.3, 0.4) is 0 Å². The fourth-order valence-corrected chi connectivity index (χ4v) is 2.03. The lowest BCUT2D eigenvalue weighted by Crippen LogP contribution is -2.04. The van der Waals surface area contributed by atoms with Gasteiger partial charge in [0.2, 0.25) is 0 Å². The monoisotopic (exact) mass is 269 g/mol. The van der Waals surface area contributed by atoms with Crippen LogP contribution in [-0.2, 0) is 0 Å². The zero-order chi connectivity index (χ0) is 14.7. The van der Waals surface area contributed by atoms with Crippen molar-refractivity contribution in [1.29, 1.82) is 5.26 Å². The van der Waals surface area contributed by atoms with Crippen LogP contribution < -0.4 is 0 Å². The maximum atomic E-state index is 13.3. The highest BCUT2D eigenvalue weighted by molar-refractivity contribution is 5.60. The van der Waals surface area contributed by atoms with Crippen LogP contribution in [0.2, 0.25) is 0 Å². The summed E-state index contributed by atoms with van der Waals surface area (Å²) in [6.45, 7) is 5.52. The lowest BCUT2D eigenvalue weighted by atomic mass is 10.1. The predicted molar refractivity (Wildman–Crippen MR) is 75.5 cm³/mol. The molecule has 20 heavy (non-hydrogen) atoms. The second kappa shape index (κ2) is 5.79. The first-order chi connectivity index (χ1) is 9.55. The van der Waals surface area contributed by atoms with Gasteiger partial charge in [-0.1, -0.05) is 6.92 Å². The smallest absolute Gasteiger partial charge is 0.146 e. The topological polar surface area (TPSA) is 49.6 Å². The average molecular weight is 269 g/mol. The summed E-state index contributed by atoms with van der Waals surface area (Å²) in [7, 11) is 0. The van der Waals surface area contributed by atoms with Gasteiger partial charge in [0.25, 0.3) is 0 Å². The molecule has 0 saturated carbocycles. The van der Waals surface area contributed by atoms with Gasteiger partial charge in [-0.25, -0.2) is 14.4 Å². The summed E-state index contributed by atoms with van der Waals surface area (Å²) < 4.78 is 13.3. The first-order valence-electron chi connectivity index (χ1n) is 6.57. The normalized spacial score (nSPS) is 11.9. The van der Waals surface area contributed by atoms with E-state index in [-0.39, 0.29) is 11.7 Å². The number of hydrogen-bond donors (Lipinski definition) is 0. The van der Waals surface area contributed by atoms with Crippen LogP contribution in [-0.4, -0.2) is 9.97 Å². The molecule has 1 aromatic heterocycles. The van der Waals surface area contributed by atoms with Crippen molar-refractivity contribution in [3.8, 4) is 17.3 Å². The van der Waals surface area contributed by atoms with Crippen LogP contribution in [0.15, 0.2) is 24.3 Å². The molecule has 2 aromatic rings. The van der Waals surface area contributed by atoms with Crippen LogP contribution >= 0.6 is 0 Å². The minimum Gasteiger partial charge on any atom is -0.237 e. The molecule has 102 valence electrons. The van der Waals surface area contributed by atoms with Gasteiger partial charge in [-0.05, 0) is 50.1 Å². The Labute approximate surface area is 118 Å². The zero-order valence-corrected chi connectivity index (χ0v) is 11.8. The molecule has 0 N–H and O–H groups in total. The Morgan fingerprint density at radius 2 is 2.00 bits per heavy atom. The standard InChI is InChI=1S/C16H16FN3/c1-4-12(9-18)16-19-11(3)8-15(20-16)13-5-6-14(17)10(2)7-13/h5-8,12H,4H2,1-3H3. The molecule has 0 amide bonds. The molecule has 0 radical (unpaired) electrons. The maximum absolute atomic E-state index is 13.3. The molecule has 1 aromatic carbocycles. The van der Waals surface area contributed by atoms with Crippen molar-refractivity contribution in [1.82, 2.24) is 9.97 Å². The number of nitriles is 1. The van der Waals surface area contributed by atoms with Gasteiger partial charge >= 0.3 is 0 Å². The van der Waals surface area contributed by atoms with Crippen LogP contribution in [0.5, 0.6) is 0 Å². The summed E-state index contributed by atoms with van der Waals surface area (Å²) in [4.78, 5) is 8.79. The SMILES string of the molecule is CCC(C#N)c1nc(C)cc(-c2ccc(F)c(C)c2)n1. The maximum Gasteiger partial charge on any atom is 0.146 e. The van der Waals surface area contributed by atoms with Gasteiger partial charge in [-0.15, -0.1) is 0 Å². The van der Waals surface area contributed by atoms with Crippen molar-refractivity contribution in [3.63, 3.8) is 0 Å². The zero-order valence-electron chi connectivity index (χ0n) is 11.8. The molecule has 0 saturated heterocycles. The fraction of sp³-hybridized carbons (Fsp3) is 0.312. The van der Waals surface area contributed by atoms with Crippen LogP contribution in [0.1, 0.15) is 36.3 Å². The minimum absolute atomic E-state index is 0.233. The van der Waals surface area contributed by atoms with Gasteiger partial charge in [0.05, 0.1) is 11.8 Å². The number of rotatable bonds is 3. The number of aryl methyl sites for hydroxylation is 2. The summed E-state index contributed by atoms with van der Waals surface area (Å²) in [6.07, 6.45) is 0.668. The Kier molecular flexibility index (Phi) is 4.09. The highest BCUT2D eigenvalue weighted by atomic mass is 19.1. The van der Waals surface area contributed by atoms with Crippen LogP contribution in [0.4, 0.5) is 4.39 Å². The summed E-state index contributed by atoms with van der Waals surface area (Å²) >= 11 is 0. The largest absolute Gasteiger partial charge is 0.237 e. The average Bonchev–Trinajstić information content (AvgIpc) is 2.42. The third-order valence-electron chi connectivity index (χ3n) is 3.20. The number of nitrogens with zero attached hydrogens (tertiary/aromatic N) is 3. The highest BCUT2D eigenvalue weighted by Gasteiger charge is 2.14. The number of hydrogen-bond acceptors (Lipinski definition) is 3. The van der Waals surface area contributed by atoms with Gasteiger partial charge in [-0.2, -0.15) is 5.26 Å². The molecular weight excluding hydrogens is 253 g/mol. The van der Waals surface area contributed by atoms with Crippen LogP contribution in [0, 0.1) is 31.0 Å². The second-order valence-corrected chi connectivity index (χ2v) is 4.81. The van der Waals surface area contributed by atoms with Crippen molar-refractivity contribution in [3.05, 3.63) is 47.2 Å². The molecule has 2 rings (SSSR count). The van der Waals surface area contributed by atoms with E-state index >= 15 is 0 Å². The Morgan fingerprint density at radius 3 is 2.60 bits per heavy atom. The van der Waals surface area contributed by atoms with E-state index < -0.39 is 0 Å². The molecule has 0 fully saturated rings. The highest BCUT2D eigenvalue weighted by Crippen LogP contribution is 2.23.